The van der Waals surface area contributed by atoms with Crippen molar-refractivity contribution in [1.29, 1.82) is 0 Å². The van der Waals surface area contributed by atoms with Gasteiger partial charge in [-0.1, -0.05) is 19.1 Å². The summed E-state index contributed by atoms with van der Waals surface area (Å²) < 4.78 is 28.1. The van der Waals surface area contributed by atoms with E-state index in [1.54, 1.807) is 30.1 Å². The molecule has 7 nitrogen and oxygen atoms in total. The minimum absolute atomic E-state index is 0.0526. The average Bonchev–Trinajstić information content (AvgIpc) is 2.99. The number of hydrogen-bond acceptors (Lipinski definition) is 4. The van der Waals surface area contributed by atoms with Crippen LogP contribution in [-0.2, 0) is 31.4 Å². The number of likely N-dealkylation sites (N-methyl/N-ethyl adjacent to an activating group) is 1. The SMILES string of the molecule is CCc1ccc(NC(=O)C2CCN(S(=O)(=O)c3ccc4c(c3)C(C)(C)C(=O)N4C)CC2)cc1. The lowest BCUT2D eigenvalue weighted by molar-refractivity contribution is -0.122. The second-order valence-corrected chi connectivity index (χ2v) is 11.3. The van der Waals surface area contributed by atoms with E-state index in [0.717, 1.165) is 23.4 Å². The second-order valence-electron chi connectivity index (χ2n) is 9.39. The Balaban J connectivity index is 1.44. The van der Waals surface area contributed by atoms with Crippen LogP contribution in [0.4, 0.5) is 11.4 Å². The number of sulfonamides is 1. The Bertz CT molecular complexity index is 1180. The molecule has 1 fully saturated rings. The number of nitrogens with zero attached hydrogens (tertiary/aromatic N) is 2. The van der Waals surface area contributed by atoms with Gasteiger partial charge in [0.1, 0.15) is 0 Å². The summed E-state index contributed by atoms with van der Waals surface area (Å²) in [7, 11) is -2.01. The van der Waals surface area contributed by atoms with E-state index in [2.05, 4.69) is 12.2 Å². The van der Waals surface area contributed by atoms with Crippen molar-refractivity contribution in [2.24, 2.45) is 5.92 Å². The van der Waals surface area contributed by atoms with E-state index in [0.29, 0.717) is 12.8 Å². The number of amides is 2. The molecule has 1 N–H and O–H groups in total. The predicted octanol–water partition coefficient (Wildman–Crippen LogP) is 3.54. The van der Waals surface area contributed by atoms with Gasteiger partial charge < -0.3 is 10.2 Å². The van der Waals surface area contributed by atoms with Crippen LogP contribution in [0.2, 0.25) is 0 Å². The molecule has 8 heteroatoms. The van der Waals surface area contributed by atoms with Crippen molar-refractivity contribution in [2.45, 2.75) is 50.3 Å². The molecule has 0 spiro atoms. The summed E-state index contributed by atoms with van der Waals surface area (Å²) in [5.41, 5.74) is 2.66. The third-order valence-corrected chi connectivity index (χ3v) is 8.83. The molecule has 2 aromatic rings. The number of piperidine rings is 1. The standard InChI is InChI=1S/C25H31N3O4S/c1-5-17-6-8-19(9-7-17)26-23(29)18-12-14-28(15-13-18)33(31,32)20-10-11-22-21(16-20)25(2,3)24(30)27(22)4/h6-11,16,18H,5,12-15H2,1-4H3,(H,26,29). The molecule has 2 aromatic carbocycles. The van der Waals surface area contributed by atoms with Gasteiger partial charge in [-0.25, -0.2) is 8.42 Å². The lowest BCUT2D eigenvalue weighted by atomic mass is 9.86. The van der Waals surface area contributed by atoms with Crippen LogP contribution in [0.1, 0.15) is 44.7 Å². The molecule has 1 saturated heterocycles. The fourth-order valence-electron chi connectivity index (χ4n) is 4.69. The molecule has 0 aliphatic carbocycles. The molecule has 0 saturated carbocycles. The predicted molar refractivity (Wildman–Crippen MR) is 129 cm³/mol. The fraction of sp³-hybridized carbons (Fsp3) is 0.440. The van der Waals surface area contributed by atoms with Gasteiger partial charge in [0, 0.05) is 37.4 Å². The fourth-order valence-corrected chi connectivity index (χ4v) is 6.18. The van der Waals surface area contributed by atoms with Crippen molar-refractivity contribution in [3.05, 3.63) is 53.6 Å². The van der Waals surface area contributed by atoms with Gasteiger partial charge in [-0.05, 0) is 74.6 Å². The summed E-state index contributed by atoms with van der Waals surface area (Å²) in [5, 5.41) is 2.95. The average molecular weight is 470 g/mol. The highest BCUT2D eigenvalue weighted by molar-refractivity contribution is 7.89. The third-order valence-electron chi connectivity index (χ3n) is 6.93. The molecule has 0 unspecified atom stereocenters. The first kappa shape index (κ1) is 23.4. The van der Waals surface area contributed by atoms with E-state index < -0.39 is 15.4 Å². The van der Waals surface area contributed by atoms with Gasteiger partial charge in [0.25, 0.3) is 0 Å². The zero-order valence-corrected chi connectivity index (χ0v) is 20.4. The largest absolute Gasteiger partial charge is 0.326 e. The molecule has 4 rings (SSSR count). The number of rotatable bonds is 5. The number of fused-ring (bicyclic) bond motifs is 1. The molecule has 33 heavy (non-hydrogen) atoms. The summed E-state index contributed by atoms with van der Waals surface area (Å²) in [4.78, 5) is 27.0. The monoisotopic (exact) mass is 469 g/mol. The van der Waals surface area contributed by atoms with E-state index in [1.165, 1.54) is 9.87 Å². The van der Waals surface area contributed by atoms with Crippen molar-refractivity contribution >= 4 is 33.2 Å². The number of nitrogens with one attached hydrogen (secondary N) is 1. The Kier molecular flexibility index (Phi) is 6.09. The molecule has 176 valence electrons. The quantitative estimate of drug-likeness (QED) is 0.726. The summed E-state index contributed by atoms with van der Waals surface area (Å²) in [6.45, 7) is 6.28. The van der Waals surface area contributed by atoms with Crippen LogP contribution < -0.4 is 10.2 Å². The molecule has 0 radical (unpaired) electrons. The number of carbonyl (C=O) groups excluding carboxylic acids is 2. The first-order chi connectivity index (χ1) is 15.6. The van der Waals surface area contributed by atoms with Gasteiger partial charge in [0.2, 0.25) is 21.8 Å². The lowest BCUT2D eigenvalue weighted by Gasteiger charge is -2.30. The minimum atomic E-state index is -3.71. The topological polar surface area (TPSA) is 86.8 Å². The van der Waals surface area contributed by atoms with E-state index >= 15 is 0 Å². The number of aryl methyl sites for hydroxylation is 1. The van der Waals surface area contributed by atoms with Crippen molar-refractivity contribution in [3.63, 3.8) is 0 Å². The van der Waals surface area contributed by atoms with Crippen molar-refractivity contribution in [1.82, 2.24) is 4.31 Å². The summed E-state index contributed by atoms with van der Waals surface area (Å²) >= 11 is 0. The van der Waals surface area contributed by atoms with Crippen LogP contribution in [-0.4, -0.2) is 44.7 Å². The first-order valence-electron chi connectivity index (χ1n) is 11.4. The molecule has 2 aliphatic rings. The Hall–Kier alpha value is -2.71. The van der Waals surface area contributed by atoms with E-state index in [4.69, 9.17) is 0 Å². The van der Waals surface area contributed by atoms with Crippen molar-refractivity contribution in [3.8, 4) is 0 Å². The van der Waals surface area contributed by atoms with Crippen LogP contribution >= 0.6 is 0 Å². The molecule has 2 aliphatic heterocycles. The number of carbonyl (C=O) groups is 2. The Morgan fingerprint density at radius 1 is 1.09 bits per heavy atom. The van der Waals surface area contributed by atoms with Crippen molar-refractivity contribution < 1.29 is 18.0 Å². The highest BCUT2D eigenvalue weighted by atomic mass is 32.2. The summed E-state index contributed by atoms with van der Waals surface area (Å²) in [6.07, 6.45) is 1.88. The van der Waals surface area contributed by atoms with E-state index in [-0.39, 0.29) is 35.7 Å². The van der Waals surface area contributed by atoms with Crippen LogP contribution in [0.5, 0.6) is 0 Å². The molecule has 0 aromatic heterocycles. The minimum Gasteiger partial charge on any atom is -0.326 e. The molecular weight excluding hydrogens is 438 g/mol. The van der Waals surface area contributed by atoms with Gasteiger partial charge in [-0.2, -0.15) is 4.31 Å². The van der Waals surface area contributed by atoms with E-state index in [1.807, 2.05) is 38.1 Å². The Morgan fingerprint density at radius 3 is 2.33 bits per heavy atom. The van der Waals surface area contributed by atoms with Crippen LogP contribution in [0, 0.1) is 5.92 Å². The molecule has 0 atom stereocenters. The van der Waals surface area contributed by atoms with Gasteiger partial charge in [0.15, 0.2) is 0 Å². The maximum atomic E-state index is 13.3. The number of hydrogen-bond donors (Lipinski definition) is 1. The zero-order chi connectivity index (χ0) is 24.0. The third kappa shape index (κ3) is 4.17. The maximum absolute atomic E-state index is 13.3. The van der Waals surface area contributed by atoms with Crippen LogP contribution in [0.15, 0.2) is 47.4 Å². The molecule has 2 amide bonds. The highest BCUT2D eigenvalue weighted by Gasteiger charge is 2.43. The van der Waals surface area contributed by atoms with Gasteiger partial charge in [-0.3, -0.25) is 9.59 Å². The first-order valence-corrected chi connectivity index (χ1v) is 12.8. The van der Waals surface area contributed by atoms with Gasteiger partial charge in [-0.15, -0.1) is 0 Å². The highest BCUT2D eigenvalue weighted by Crippen LogP contribution is 2.42. The molecule has 0 bridgehead atoms. The van der Waals surface area contributed by atoms with Crippen LogP contribution in [0.3, 0.4) is 0 Å². The summed E-state index contributed by atoms with van der Waals surface area (Å²) in [6, 6.07) is 12.7. The maximum Gasteiger partial charge on any atom is 0.243 e. The smallest absolute Gasteiger partial charge is 0.243 e. The number of anilines is 2. The normalized spacial score (nSPS) is 18.9. The molecular formula is C25H31N3O4S. The second kappa shape index (κ2) is 8.57. The molecule has 2 heterocycles. The van der Waals surface area contributed by atoms with E-state index in [9.17, 15) is 18.0 Å². The summed E-state index contributed by atoms with van der Waals surface area (Å²) in [5.74, 6) is -0.354. The van der Waals surface area contributed by atoms with Gasteiger partial charge in [0.05, 0.1) is 10.3 Å². The Morgan fingerprint density at radius 2 is 1.73 bits per heavy atom. The lowest BCUT2D eigenvalue weighted by Crippen LogP contribution is -2.41. The van der Waals surface area contributed by atoms with Crippen LogP contribution in [0.25, 0.3) is 0 Å². The zero-order valence-electron chi connectivity index (χ0n) is 19.6. The van der Waals surface area contributed by atoms with Gasteiger partial charge >= 0.3 is 0 Å². The number of benzene rings is 2. The van der Waals surface area contributed by atoms with Crippen molar-refractivity contribution in [2.75, 3.05) is 30.4 Å². The Labute approximate surface area is 195 Å².